The third kappa shape index (κ3) is 3.68. The number of aryl methyl sites for hydroxylation is 1. The summed E-state index contributed by atoms with van der Waals surface area (Å²) in [5.41, 5.74) is 2.94. The molecule has 1 unspecified atom stereocenters. The predicted molar refractivity (Wildman–Crippen MR) is 107 cm³/mol. The average Bonchev–Trinajstić information content (AvgIpc) is 3.39. The minimum atomic E-state index is -0.579. The van der Waals surface area contributed by atoms with Crippen molar-refractivity contribution in [1.82, 2.24) is 14.5 Å². The van der Waals surface area contributed by atoms with Crippen LogP contribution in [0.1, 0.15) is 35.1 Å². The minimum Gasteiger partial charge on any atom is -0.385 e. The number of likely N-dealkylation sites (tertiary alicyclic amines) is 1. The van der Waals surface area contributed by atoms with Crippen LogP contribution in [-0.2, 0) is 7.05 Å². The smallest absolute Gasteiger partial charge is 0.253 e. The van der Waals surface area contributed by atoms with Gasteiger partial charge in [-0.25, -0.2) is 4.98 Å². The highest BCUT2D eigenvalue weighted by atomic mass is 32.1. The standard InChI is InChI=1S/C21H23N3O2S/c1-23-11-8-22-20(23)19(25)15-5-9-24(10-6-15)21(26)17-4-2-3-16(13-17)18-7-12-27-14-18/h2-4,7-8,11-15,19,25H,5-6,9-10H2,1H3. The highest BCUT2D eigenvalue weighted by Gasteiger charge is 2.30. The van der Waals surface area contributed by atoms with Crippen molar-refractivity contribution in [3.8, 4) is 11.1 Å². The summed E-state index contributed by atoms with van der Waals surface area (Å²) in [5.74, 6) is 0.896. The topological polar surface area (TPSA) is 58.4 Å². The molecule has 4 rings (SSSR count). The fourth-order valence-corrected chi connectivity index (χ4v) is 4.40. The fraction of sp³-hybridized carbons (Fsp3) is 0.333. The van der Waals surface area contributed by atoms with Crippen LogP contribution in [-0.4, -0.2) is 38.6 Å². The first kappa shape index (κ1) is 17.9. The molecule has 140 valence electrons. The van der Waals surface area contributed by atoms with Gasteiger partial charge in [-0.3, -0.25) is 4.79 Å². The Morgan fingerprint density at radius 1 is 1.26 bits per heavy atom. The largest absolute Gasteiger partial charge is 0.385 e. The van der Waals surface area contributed by atoms with Crippen LogP contribution in [0.25, 0.3) is 11.1 Å². The number of carbonyl (C=O) groups excluding carboxylic acids is 1. The first-order valence-corrected chi connectivity index (χ1v) is 10.1. The Morgan fingerprint density at radius 3 is 2.74 bits per heavy atom. The zero-order chi connectivity index (χ0) is 18.8. The van der Waals surface area contributed by atoms with Crippen LogP contribution >= 0.6 is 11.3 Å². The molecule has 0 aliphatic carbocycles. The molecule has 1 amide bonds. The molecule has 6 heteroatoms. The van der Waals surface area contributed by atoms with Crippen molar-refractivity contribution in [2.75, 3.05) is 13.1 Å². The molecule has 3 heterocycles. The molecule has 0 bridgehead atoms. The number of nitrogens with zero attached hydrogens (tertiary/aromatic N) is 3. The number of benzene rings is 1. The van der Waals surface area contributed by atoms with Gasteiger partial charge in [-0.05, 0) is 58.8 Å². The third-order valence-corrected chi connectivity index (χ3v) is 6.04. The molecule has 0 saturated carbocycles. The molecule has 1 aliphatic heterocycles. The molecule has 0 radical (unpaired) electrons. The van der Waals surface area contributed by atoms with Crippen LogP contribution in [0.15, 0.2) is 53.5 Å². The van der Waals surface area contributed by atoms with Crippen molar-refractivity contribution in [3.05, 3.63) is 64.9 Å². The summed E-state index contributed by atoms with van der Waals surface area (Å²) in [6, 6.07) is 9.90. The Kier molecular flexibility index (Phi) is 5.09. The first-order valence-electron chi connectivity index (χ1n) is 9.20. The van der Waals surface area contributed by atoms with Crippen LogP contribution < -0.4 is 0 Å². The Bertz CT molecular complexity index is 911. The molecule has 3 aromatic rings. The van der Waals surface area contributed by atoms with Crippen LogP contribution in [0.5, 0.6) is 0 Å². The molecule has 2 aromatic heterocycles. The van der Waals surface area contributed by atoms with Gasteiger partial charge in [0.2, 0.25) is 0 Å². The van der Waals surface area contributed by atoms with Gasteiger partial charge < -0.3 is 14.6 Å². The van der Waals surface area contributed by atoms with Gasteiger partial charge in [-0.1, -0.05) is 12.1 Å². The number of rotatable bonds is 4. The summed E-state index contributed by atoms with van der Waals surface area (Å²) in [5, 5.41) is 14.7. The molecule has 0 spiro atoms. The Morgan fingerprint density at radius 2 is 2.07 bits per heavy atom. The predicted octanol–water partition coefficient (Wildman–Crippen LogP) is 3.73. The Hall–Kier alpha value is -2.44. The van der Waals surface area contributed by atoms with Gasteiger partial charge in [0.1, 0.15) is 11.9 Å². The van der Waals surface area contributed by atoms with Crippen LogP contribution in [0, 0.1) is 5.92 Å². The lowest BCUT2D eigenvalue weighted by atomic mass is 9.90. The summed E-state index contributed by atoms with van der Waals surface area (Å²) in [7, 11) is 1.89. The third-order valence-electron chi connectivity index (χ3n) is 5.36. The lowest BCUT2D eigenvalue weighted by Gasteiger charge is -2.34. The van der Waals surface area contributed by atoms with E-state index in [1.54, 1.807) is 17.5 Å². The summed E-state index contributed by atoms with van der Waals surface area (Å²) in [6.07, 6.45) is 4.53. The van der Waals surface area contributed by atoms with E-state index >= 15 is 0 Å². The number of aliphatic hydroxyl groups excluding tert-OH is 1. The quantitative estimate of drug-likeness (QED) is 0.749. The Balaban J connectivity index is 1.42. The van der Waals surface area contributed by atoms with E-state index in [1.165, 1.54) is 0 Å². The van der Waals surface area contributed by atoms with E-state index in [0.29, 0.717) is 18.9 Å². The van der Waals surface area contributed by atoms with E-state index in [0.717, 1.165) is 29.5 Å². The molecule has 1 atom stereocenters. The van der Waals surface area contributed by atoms with Crippen molar-refractivity contribution >= 4 is 17.2 Å². The number of hydrogen-bond donors (Lipinski definition) is 1. The molecule has 1 N–H and O–H groups in total. The highest BCUT2D eigenvalue weighted by Crippen LogP contribution is 2.30. The van der Waals surface area contributed by atoms with E-state index in [4.69, 9.17) is 0 Å². The van der Waals surface area contributed by atoms with Gasteiger partial charge in [0.05, 0.1) is 0 Å². The van der Waals surface area contributed by atoms with E-state index in [-0.39, 0.29) is 11.8 Å². The Labute approximate surface area is 162 Å². The van der Waals surface area contributed by atoms with Crippen molar-refractivity contribution in [2.24, 2.45) is 13.0 Å². The second kappa shape index (κ2) is 7.66. The van der Waals surface area contributed by atoms with Crippen molar-refractivity contribution < 1.29 is 9.90 Å². The maximum Gasteiger partial charge on any atom is 0.253 e. The number of amides is 1. The van der Waals surface area contributed by atoms with E-state index in [2.05, 4.69) is 16.4 Å². The molecule has 1 aliphatic rings. The average molecular weight is 382 g/mol. The van der Waals surface area contributed by atoms with Gasteiger partial charge in [-0.2, -0.15) is 11.3 Å². The number of aromatic nitrogens is 2. The maximum absolute atomic E-state index is 12.9. The second-order valence-electron chi connectivity index (χ2n) is 7.06. The van der Waals surface area contributed by atoms with Crippen molar-refractivity contribution in [2.45, 2.75) is 18.9 Å². The van der Waals surface area contributed by atoms with Gasteiger partial charge in [0.15, 0.2) is 0 Å². The second-order valence-corrected chi connectivity index (χ2v) is 7.84. The van der Waals surface area contributed by atoms with Crippen LogP contribution in [0.4, 0.5) is 0 Å². The number of piperidine rings is 1. The fourth-order valence-electron chi connectivity index (χ4n) is 3.73. The lowest BCUT2D eigenvalue weighted by molar-refractivity contribution is 0.0420. The number of carbonyl (C=O) groups is 1. The normalized spacial score (nSPS) is 16.4. The van der Waals surface area contributed by atoms with Gasteiger partial charge in [-0.15, -0.1) is 0 Å². The molecular weight excluding hydrogens is 358 g/mol. The summed E-state index contributed by atoms with van der Waals surface area (Å²) < 4.78 is 1.86. The molecule has 5 nitrogen and oxygen atoms in total. The monoisotopic (exact) mass is 381 g/mol. The summed E-state index contributed by atoms with van der Waals surface area (Å²) in [4.78, 5) is 19.1. The summed E-state index contributed by atoms with van der Waals surface area (Å²) in [6.45, 7) is 1.32. The zero-order valence-electron chi connectivity index (χ0n) is 15.3. The lowest BCUT2D eigenvalue weighted by Crippen LogP contribution is -2.40. The van der Waals surface area contributed by atoms with E-state index in [9.17, 15) is 9.90 Å². The van der Waals surface area contributed by atoms with Gasteiger partial charge >= 0.3 is 0 Å². The van der Waals surface area contributed by atoms with Gasteiger partial charge in [0.25, 0.3) is 5.91 Å². The van der Waals surface area contributed by atoms with Gasteiger partial charge in [0, 0.05) is 38.1 Å². The first-order chi connectivity index (χ1) is 13.1. The number of aliphatic hydroxyl groups is 1. The molecule has 1 fully saturated rings. The van der Waals surface area contributed by atoms with E-state index < -0.39 is 6.10 Å². The SMILES string of the molecule is Cn1ccnc1C(O)C1CCN(C(=O)c2cccc(-c3ccsc3)c2)CC1. The van der Waals surface area contributed by atoms with Crippen molar-refractivity contribution in [1.29, 1.82) is 0 Å². The van der Waals surface area contributed by atoms with Crippen molar-refractivity contribution in [3.63, 3.8) is 0 Å². The molecular formula is C21H23N3O2S. The number of thiophene rings is 1. The molecule has 27 heavy (non-hydrogen) atoms. The van der Waals surface area contributed by atoms with E-state index in [1.807, 2.05) is 52.4 Å². The maximum atomic E-state index is 12.9. The minimum absolute atomic E-state index is 0.0667. The molecule has 1 aromatic carbocycles. The number of imidazole rings is 1. The zero-order valence-corrected chi connectivity index (χ0v) is 16.1. The van der Waals surface area contributed by atoms with Crippen LogP contribution in [0.3, 0.4) is 0 Å². The molecule has 1 saturated heterocycles. The number of hydrogen-bond acceptors (Lipinski definition) is 4. The summed E-state index contributed by atoms with van der Waals surface area (Å²) >= 11 is 1.65. The highest BCUT2D eigenvalue weighted by molar-refractivity contribution is 7.08. The van der Waals surface area contributed by atoms with Crippen LogP contribution in [0.2, 0.25) is 0 Å².